The molecule has 2 N–H and O–H groups in total. The highest BCUT2D eigenvalue weighted by Crippen LogP contribution is 2.07. The van der Waals surface area contributed by atoms with Gasteiger partial charge in [-0.2, -0.15) is 0 Å². The lowest BCUT2D eigenvalue weighted by atomic mass is 10.1. The van der Waals surface area contributed by atoms with E-state index in [4.69, 9.17) is 9.47 Å². The summed E-state index contributed by atoms with van der Waals surface area (Å²) in [6, 6.07) is 9.28. The van der Waals surface area contributed by atoms with Crippen LogP contribution in [0, 0.1) is 0 Å². The molecule has 0 aliphatic carbocycles. The summed E-state index contributed by atoms with van der Waals surface area (Å²) < 4.78 is 10.2. The first-order valence-corrected chi connectivity index (χ1v) is 5.97. The largest absolute Gasteiger partial charge is 0.445 e. The summed E-state index contributed by atoms with van der Waals surface area (Å²) in [4.78, 5) is 11.5. The maximum Gasteiger partial charge on any atom is 0.407 e. The summed E-state index contributed by atoms with van der Waals surface area (Å²) in [6.45, 7) is 0.984. The fraction of sp³-hybridized carbons (Fsp3) is 0.462. The molecule has 0 bridgehead atoms. The Labute approximate surface area is 106 Å². The molecule has 0 aromatic heterocycles. The molecule has 2 rings (SSSR count). The predicted molar refractivity (Wildman–Crippen MR) is 65.0 cm³/mol. The van der Waals surface area contributed by atoms with Crippen LogP contribution in [0.25, 0.3) is 0 Å². The first-order valence-electron chi connectivity index (χ1n) is 5.97. The van der Waals surface area contributed by atoms with E-state index in [0.29, 0.717) is 19.6 Å². The Morgan fingerprint density at radius 3 is 2.89 bits per heavy atom. The van der Waals surface area contributed by atoms with E-state index in [1.54, 1.807) is 0 Å². The number of hydrogen-bond donors (Lipinski definition) is 2. The summed E-state index contributed by atoms with van der Waals surface area (Å²) in [5.41, 5.74) is 0.938. The van der Waals surface area contributed by atoms with Crippen LogP contribution in [0.2, 0.25) is 0 Å². The molecule has 5 heteroatoms. The molecule has 0 radical (unpaired) electrons. The van der Waals surface area contributed by atoms with Crippen LogP contribution in [-0.4, -0.2) is 36.6 Å². The molecular formula is C13H17NO4. The SMILES string of the molecule is O=C(NC1COCC(O)C1)OCc1ccccc1. The van der Waals surface area contributed by atoms with Crippen LogP contribution in [0.4, 0.5) is 4.79 Å². The number of amides is 1. The molecule has 1 heterocycles. The van der Waals surface area contributed by atoms with E-state index in [2.05, 4.69) is 5.32 Å². The molecule has 1 saturated heterocycles. The number of aliphatic hydroxyl groups is 1. The van der Waals surface area contributed by atoms with Crippen LogP contribution in [0.3, 0.4) is 0 Å². The molecule has 1 amide bonds. The number of alkyl carbamates (subject to hydrolysis) is 1. The first-order chi connectivity index (χ1) is 8.74. The van der Waals surface area contributed by atoms with Crippen molar-refractivity contribution in [1.82, 2.24) is 5.32 Å². The zero-order valence-corrected chi connectivity index (χ0v) is 10.0. The van der Waals surface area contributed by atoms with Gasteiger partial charge in [0.05, 0.1) is 25.4 Å². The zero-order valence-electron chi connectivity index (χ0n) is 10.0. The van der Waals surface area contributed by atoms with Gasteiger partial charge in [0.1, 0.15) is 6.61 Å². The maximum atomic E-state index is 11.5. The summed E-state index contributed by atoms with van der Waals surface area (Å²) in [7, 11) is 0. The second-order valence-corrected chi connectivity index (χ2v) is 4.33. The van der Waals surface area contributed by atoms with Crippen molar-refractivity contribution in [2.45, 2.75) is 25.2 Å². The minimum absolute atomic E-state index is 0.183. The highest BCUT2D eigenvalue weighted by molar-refractivity contribution is 5.67. The Morgan fingerprint density at radius 1 is 1.39 bits per heavy atom. The minimum Gasteiger partial charge on any atom is -0.445 e. The van der Waals surface area contributed by atoms with Gasteiger partial charge in [-0.25, -0.2) is 4.79 Å². The number of benzene rings is 1. The molecule has 1 aromatic rings. The van der Waals surface area contributed by atoms with Crippen LogP contribution in [0.5, 0.6) is 0 Å². The third kappa shape index (κ3) is 4.01. The smallest absolute Gasteiger partial charge is 0.407 e. The molecule has 98 valence electrons. The number of carbonyl (C=O) groups excluding carboxylic acids is 1. The normalized spacial score (nSPS) is 23.4. The Kier molecular flexibility index (Phi) is 4.55. The van der Waals surface area contributed by atoms with Crippen molar-refractivity contribution in [2.24, 2.45) is 0 Å². The van der Waals surface area contributed by atoms with Gasteiger partial charge in [-0.3, -0.25) is 0 Å². The fourth-order valence-corrected chi connectivity index (χ4v) is 1.84. The van der Waals surface area contributed by atoms with Gasteiger partial charge in [0.25, 0.3) is 0 Å². The van der Waals surface area contributed by atoms with Crippen LogP contribution < -0.4 is 5.32 Å². The van der Waals surface area contributed by atoms with E-state index in [9.17, 15) is 9.90 Å². The van der Waals surface area contributed by atoms with E-state index < -0.39 is 12.2 Å². The maximum absolute atomic E-state index is 11.5. The number of nitrogens with one attached hydrogen (secondary N) is 1. The number of hydrogen-bond acceptors (Lipinski definition) is 4. The fourth-order valence-electron chi connectivity index (χ4n) is 1.84. The van der Waals surface area contributed by atoms with E-state index in [1.165, 1.54) is 0 Å². The Morgan fingerprint density at radius 2 is 2.17 bits per heavy atom. The van der Waals surface area contributed by atoms with Crippen LogP contribution >= 0.6 is 0 Å². The Hall–Kier alpha value is -1.59. The van der Waals surface area contributed by atoms with Crippen molar-refractivity contribution >= 4 is 6.09 Å². The lowest BCUT2D eigenvalue weighted by molar-refractivity contribution is -0.0228. The number of aliphatic hydroxyl groups excluding tert-OH is 1. The zero-order chi connectivity index (χ0) is 12.8. The van der Waals surface area contributed by atoms with Crippen molar-refractivity contribution in [1.29, 1.82) is 0 Å². The summed E-state index contributed by atoms with van der Waals surface area (Å²) in [6.07, 6.45) is -0.500. The summed E-state index contributed by atoms with van der Waals surface area (Å²) in [5.74, 6) is 0. The Bertz CT molecular complexity index is 382. The van der Waals surface area contributed by atoms with Gasteiger partial charge < -0.3 is 19.9 Å². The Balaban J connectivity index is 1.72. The summed E-state index contributed by atoms with van der Waals surface area (Å²) >= 11 is 0. The second kappa shape index (κ2) is 6.37. The van der Waals surface area contributed by atoms with Gasteiger partial charge in [-0.15, -0.1) is 0 Å². The number of carbonyl (C=O) groups is 1. The lowest BCUT2D eigenvalue weighted by Gasteiger charge is -2.26. The van der Waals surface area contributed by atoms with Crippen molar-refractivity contribution in [2.75, 3.05) is 13.2 Å². The second-order valence-electron chi connectivity index (χ2n) is 4.33. The van der Waals surface area contributed by atoms with E-state index in [1.807, 2.05) is 30.3 Å². The van der Waals surface area contributed by atoms with Gasteiger partial charge in [0.2, 0.25) is 0 Å². The molecular weight excluding hydrogens is 234 g/mol. The molecule has 0 spiro atoms. The van der Waals surface area contributed by atoms with E-state index in [-0.39, 0.29) is 12.6 Å². The first kappa shape index (κ1) is 12.9. The molecule has 1 aromatic carbocycles. The summed E-state index contributed by atoms with van der Waals surface area (Å²) in [5, 5.41) is 12.1. The van der Waals surface area contributed by atoms with Gasteiger partial charge >= 0.3 is 6.09 Å². The lowest BCUT2D eigenvalue weighted by Crippen LogP contribution is -2.45. The van der Waals surface area contributed by atoms with Crippen molar-refractivity contribution in [3.05, 3.63) is 35.9 Å². The molecule has 5 nitrogen and oxygen atoms in total. The average Bonchev–Trinajstić information content (AvgIpc) is 2.38. The predicted octanol–water partition coefficient (Wildman–Crippen LogP) is 1.06. The number of ether oxygens (including phenoxy) is 2. The highest BCUT2D eigenvalue weighted by Gasteiger charge is 2.22. The van der Waals surface area contributed by atoms with Gasteiger partial charge in [-0.1, -0.05) is 30.3 Å². The van der Waals surface area contributed by atoms with Crippen molar-refractivity contribution in [3.8, 4) is 0 Å². The molecule has 2 unspecified atom stereocenters. The monoisotopic (exact) mass is 251 g/mol. The topological polar surface area (TPSA) is 67.8 Å². The molecule has 1 aliphatic heterocycles. The van der Waals surface area contributed by atoms with Gasteiger partial charge in [0.15, 0.2) is 0 Å². The molecule has 0 saturated carbocycles. The standard InChI is InChI=1S/C13H17NO4/c15-12-6-11(8-17-9-12)14-13(16)18-7-10-4-2-1-3-5-10/h1-5,11-12,15H,6-9H2,(H,14,16). The van der Waals surface area contributed by atoms with Crippen LogP contribution in [0.15, 0.2) is 30.3 Å². The molecule has 1 aliphatic rings. The minimum atomic E-state index is -0.516. The van der Waals surface area contributed by atoms with Crippen molar-refractivity contribution < 1.29 is 19.4 Å². The quantitative estimate of drug-likeness (QED) is 0.843. The molecule has 2 atom stereocenters. The van der Waals surface area contributed by atoms with Gasteiger partial charge in [0, 0.05) is 0 Å². The highest BCUT2D eigenvalue weighted by atomic mass is 16.5. The third-order valence-corrected chi connectivity index (χ3v) is 2.72. The van der Waals surface area contributed by atoms with Crippen molar-refractivity contribution in [3.63, 3.8) is 0 Å². The molecule has 18 heavy (non-hydrogen) atoms. The average molecular weight is 251 g/mol. The molecule has 1 fully saturated rings. The van der Waals surface area contributed by atoms with Gasteiger partial charge in [-0.05, 0) is 12.0 Å². The van der Waals surface area contributed by atoms with Crippen LogP contribution in [0.1, 0.15) is 12.0 Å². The number of rotatable bonds is 3. The van der Waals surface area contributed by atoms with E-state index >= 15 is 0 Å². The van der Waals surface area contributed by atoms with Crippen LogP contribution in [-0.2, 0) is 16.1 Å². The third-order valence-electron chi connectivity index (χ3n) is 2.72. The van der Waals surface area contributed by atoms with E-state index in [0.717, 1.165) is 5.56 Å².